The third kappa shape index (κ3) is 5.31. The van der Waals surface area contributed by atoms with Gasteiger partial charge in [0.05, 0.1) is 19.0 Å². The zero-order valence-electron chi connectivity index (χ0n) is 15.5. The van der Waals surface area contributed by atoms with E-state index in [1.54, 1.807) is 19.4 Å². The van der Waals surface area contributed by atoms with Gasteiger partial charge >= 0.3 is 0 Å². The number of methoxy groups -OCH3 is 1. The van der Waals surface area contributed by atoms with Gasteiger partial charge in [-0.15, -0.1) is 0 Å². The highest BCUT2D eigenvalue weighted by molar-refractivity contribution is 5.92. The first-order valence-electron chi connectivity index (χ1n) is 8.80. The molecule has 0 atom stereocenters. The van der Waals surface area contributed by atoms with Crippen LogP contribution in [0.25, 0.3) is 0 Å². The van der Waals surface area contributed by atoms with Gasteiger partial charge < -0.3 is 15.4 Å². The summed E-state index contributed by atoms with van der Waals surface area (Å²) < 4.78 is 5.15. The average molecular weight is 361 g/mol. The lowest BCUT2D eigenvalue weighted by Crippen LogP contribution is -2.23. The maximum absolute atomic E-state index is 12.2. The molecule has 1 aromatic heterocycles. The van der Waals surface area contributed by atoms with Crippen molar-refractivity contribution in [1.82, 2.24) is 10.3 Å². The number of nitrogens with zero attached hydrogens (tertiary/aromatic N) is 1. The minimum Gasteiger partial charge on any atom is -0.497 e. The summed E-state index contributed by atoms with van der Waals surface area (Å²) in [5.41, 5.74) is 4.66. The fourth-order valence-corrected chi connectivity index (χ4v) is 2.56. The normalized spacial score (nSPS) is 10.3. The molecule has 1 heterocycles. The molecule has 1 amide bonds. The lowest BCUT2D eigenvalue weighted by molar-refractivity contribution is 0.0946. The number of benzene rings is 2. The molecule has 0 aliphatic heterocycles. The van der Waals surface area contributed by atoms with Gasteiger partial charge in [-0.05, 0) is 42.3 Å². The van der Waals surface area contributed by atoms with E-state index >= 15 is 0 Å². The van der Waals surface area contributed by atoms with Crippen molar-refractivity contribution in [1.29, 1.82) is 0 Å². The Kier molecular flexibility index (Phi) is 6.05. The molecule has 0 aliphatic rings. The predicted molar refractivity (Wildman–Crippen MR) is 107 cm³/mol. The van der Waals surface area contributed by atoms with E-state index in [1.807, 2.05) is 61.5 Å². The molecule has 0 spiro atoms. The molecule has 2 N–H and O–H groups in total. The van der Waals surface area contributed by atoms with Crippen molar-refractivity contribution in [3.05, 3.63) is 89.2 Å². The Labute approximate surface area is 159 Å². The number of hydrogen-bond acceptors (Lipinski definition) is 4. The molecule has 0 aliphatic carbocycles. The van der Waals surface area contributed by atoms with Gasteiger partial charge in [-0.3, -0.25) is 4.79 Å². The lowest BCUT2D eigenvalue weighted by Gasteiger charge is -2.08. The summed E-state index contributed by atoms with van der Waals surface area (Å²) in [5, 5.41) is 6.18. The molecular formula is C22H23N3O2. The summed E-state index contributed by atoms with van der Waals surface area (Å²) in [4.78, 5) is 16.5. The summed E-state index contributed by atoms with van der Waals surface area (Å²) in [6.45, 7) is 3.19. The van der Waals surface area contributed by atoms with E-state index in [-0.39, 0.29) is 5.91 Å². The van der Waals surface area contributed by atoms with Crippen molar-refractivity contribution in [3.63, 3.8) is 0 Å². The molecule has 0 saturated carbocycles. The Morgan fingerprint density at radius 2 is 1.59 bits per heavy atom. The van der Waals surface area contributed by atoms with Crippen molar-refractivity contribution >= 4 is 11.6 Å². The first kappa shape index (κ1) is 18.5. The van der Waals surface area contributed by atoms with Crippen molar-refractivity contribution in [2.45, 2.75) is 20.0 Å². The van der Waals surface area contributed by atoms with E-state index in [0.29, 0.717) is 18.8 Å². The van der Waals surface area contributed by atoms with E-state index in [2.05, 4.69) is 15.6 Å². The molecule has 0 radical (unpaired) electrons. The highest BCUT2D eigenvalue weighted by Gasteiger charge is 2.07. The highest BCUT2D eigenvalue weighted by atomic mass is 16.5. The van der Waals surface area contributed by atoms with Crippen molar-refractivity contribution in [2.75, 3.05) is 12.4 Å². The van der Waals surface area contributed by atoms with E-state index in [0.717, 1.165) is 22.6 Å². The Morgan fingerprint density at radius 3 is 2.22 bits per heavy atom. The SMILES string of the molecule is COc1ccc(CNc2ccc(C(=O)NCc3ccc(C)cc3)nc2)cc1. The number of anilines is 1. The van der Waals surface area contributed by atoms with Crippen LogP contribution in [0.1, 0.15) is 27.2 Å². The van der Waals surface area contributed by atoms with Crippen LogP contribution in [0.4, 0.5) is 5.69 Å². The molecule has 2 aromatic carbocycles. The fourth-order valence-electron chi connectivity index (χ4n) is 2.56. The largest absolute Gasteiger partial charge is 0.497 e. The van der Waals surface area contributed by atoms with E-state index in [1.165, 1.54) is 5.56 Å². The molecule has 0 bridgehead atoms. The molecule has 5 heteroatoms. The van der Waals surface area contributed by atoms with Crippen LogP contribution in [0.2, 0.25) is 0 Å². The number of aryl methyl sites for hydroxylation is 1. The first-order valence-corrected chi connectivity index (χ1v) is 8.80. The molecule has 0 unspecified atom stereocenters. The van der Waals surface area contributed by atoms with E-state index < -0.39 is 0 Å². The number of carbonyl (C=O) groups excluding carboxylic acids is 1. The summed E-state index contributed by atoms with van der Waals surface area (Å²) in [6.07, 6.45) is 1.67. The van der Waals surface area contributed by atoms with Crippen LogP contribution in [0.5, 0.6) is 5.75 Å². The van der Waals surface area contributed by atoms with Crippen LogP contribution < -0.4 is 15.4 Å². The number of aromatic nitrogens is 1. The molecule has 138 valence electrons. The van der Waals surface area contributed by atoms with Crippen molar-refractivity contribution in [3.8, 4) is 5.75 Å². The second-order valence-corrected chi connectivity index (χ2v) is 6.30. The smallest absolute Gasteiger partial charge is 0.270 e. The van der Waals surface area contributed by atoms with Gasteiger partial charge in [-0.2, -0.15) is 0 Å². The number of carbonyl (C=O) groups is 1. The maximum atomic E-state index is 12.2. The Balaban J connectivity index is 1.51. The number of amides is 1. The molecule has 3 rings (SSSR count). The topological polar surface area (TPSA) is 63.2 Å². The minimum absolute atomic E-state index is 0.183. The summed E-state index contributed by atoms with van der Waals surface area (Å²) in [6, 6.07) is 19.5. The fraction of sp³-hybridized carbons (Fsp3) is 0.182. The molecule has 3 aromatic rings. The van der Waals surface area contributed by atoms with Gasteiger partial charge in [0.15, 0.2) is 0 Å². The third-order valence-corrected chi connectivity index (χ3v) is 4.23. The van der Waals surface area contributed by atoms with Crippen molar-refractivity contribution < 1.29 is 9.53 Å². The second kappa shape index (κ2) is 8.85. The van der Waals surface area contributed by atoms with Crippen LogP contribution in [-0.4, -0.2) is 18.0 Å². The summed E-state index contributed by atoms with van der Waals surface area (Å²) in [7, 11) is 1.65. The summed E-state index contributed by atoms with van der Waals surface area (Å²) >= 11 is 0. The maximum Gasteiger partial charge on any atom is 0.270 e. The van der Waals surface area contributed by atoms with Gasteiger partial charge in [-0.25, -0.2) is 4.98 Å². The number of pyridine rings is 1. The predicted octanol–water partition coefficient (Wildman–Crippen LogP) is 3.94. The zero-order chi connectivity index (χ0) is 19.1. The highest BCUT2D eigenvalue weighted by Crippen LogP contribution is 2.13. The van der Waals surface area contributed by atoms with Crippen LogP contribution >= 0.6 is 0 Å². The molecule has 5 nitrogen and oxygen atoms in total. The van der Waals surface area contributed by atoms with Crippen LogP contribution in [-0.2, 0) is 13.1 Å². The number of rotatable bonds is 7. The van der Waals surface area contributed by atoms with Gasteiger partial charge in [-0.1, -0.05) is 42.0 Å². The molecule has 27 heavy (non-hydrogen) atoms. The standard InChI is InChI=1S/C22H23N3O2/c1-16-3-5-17(6-4-16)14-25-22(26)21-12-9-19(15-24-21)23-13-18-7-10-20(27-2)11-8-18/h3-12,15,23H,13-14H2,1-2H3,(H,25,26). The zero-order valence-corrected chi connectivity index (χ0v) is 15.5. The van der Waals surface area contributed by atoms with Crippen LogP contribution in [0.15, 0.2) is 66.9 Å². The van der Waals surface area contributed by atoms with Gasteiger partial charge in [0.25, 0.3) is 5.91 Å². The van der Waals surface area contributed by atoms with E-state index in [4.69, 9.17) is 4.74 Å². The van der Waals surface area contributed by atoms with Gasteiger partial charge in [0.2, 0.25) is 0 Å². The number of hydrogen-bond donors (Lipinski definition) is 2. The Bertz CT molecular complexity index is 873. The second-order valence-electron chi connectivity index (χ2n) is 6.30. The Morgan fingerprint density at radius 1 is 0.926 bits per heavy atom. The minimum atomic E-state index is -0.183. The van der Waals surface area contributed by atoms with Gasteiger partial charge in [0, 0.05) is 13.1 Å². The van der Waals surface area contributed by atoms with Gasteiger partial charge in [0.1, 0.15) is 11.4 Å². The first-order chi connectivity index (χ1) is 13.1. The third-order valence-electron chi connectivity index (χ3n) is 4.23. The molecular weight excluding hydrogens is 338 g/mol. The molecule has 0 saturated heterocycles. The van der Waals surface area contributed by atoms with Crippen LogP contribution in [0.3, 0.4) is 0 Å². The lowest BCUT2D eigenvalue weighted by atomic mass is 10.1. The summed E-state index contributed by atoms with van der Waals surface area (Å²) in [5.74, 6) is 0.652. The van der Waals surface area contributed by atoms with E-state index in [9.17, 15) is 4.79 Å². The monoisotopic (exact) mass is 361 g/mol. The number of nitrogens with one attached hydrogen (secondary N) is 2. The van der Waals surface area contributed by atoms with Crippen LogP contribution in [0, 0.1) is 6.92 Å². The van der Waals surface area contributed by atoms with Crippen molar-refractivity contribution in [2.24, 2.45) is 0 Å². The average Bonchev–Trinajstić information content (AvgIpc) is 2.72. The quantitative estimate of drug-likeness (QED) is 0.669. The number of ether oxygens (including phenoxy) is 1. The molecule has 0 fully saturated rings. The Hall–Kier alpha value is -3.34.